The summed E-state index contributed by atoms with van der Waals surface area (Å²) in [7, 11) is 0. The van der Waals surface area contributed by atoms with Crippen LogP contribution in [-0.4, -0.2) is 20.2 Å². The second-order valence-corrected chi connectivity index (χ2v) is 4.43. The first-order valence-corrected chi connectivity index (χ1v) is 6.43. The van der Waals surface area contributed by atoms with Gasteiger partial charge in [0, 0.05) is 17.9 Å². The van der Waals surface area contributed by atoms with Crippen molar-refractivity contribution in [2.24, 2.45) is 0 Å². The van der Waals surface area contributed by atoms with Gasteiger partial charge >= 0.3 is 0 Å². The van der Waals surface area contributed by atoms with Crippen LogP contribution in [-0.2, 0) is 13.0 Å². The van der Waals surface area contributed by atoms with E-state index in [1.165, 1.54) is 5.56 Å². The third kappa shape index (κ3) is 3.20. The number of benzene rings is 2. The molecule has 20 heavy (non-hydrogen) atoms. The van der Waals surface area contributed by atoms with Gasteiger partial charge in [0.15, 0.2) is 0 Å². The number of anilines is 2. The average Bonchev–Trinajstić information content (AvgIpc) is 3.01. The molecule has 0 atom stereocenters. The molecule has 5 heteroatoms. The first-order valence-electron chi connectivity index (χ1n) is 6.43. The Hall–Kier alpha value is -2.69. The molecule has 0 unspecified atom stereocenters. The minimum Gasteiger partial charge on any atom is -0.356 e. The molecule has 0 bridgehead atoms. The van der Waals surface area contributed by atoms with E-state index < -0.39 is 0 Å². The summed E-state index contributed by atoms with van der Waals surface area (Å²) >= 11 is 0. The van der Waals surface area contributed by atoms with Gasteiger partial charge in [-0.2, -0.15) is 0 Å². The quantitative estimate of drug-likeness (QED) is 0.769. The Kier molecular flexibility index (Phi) is 3.68. The highest BCUT2D eigenvalue weighted by Gasteiger charge is 1.98. The molecule has 0 spiro atoms. The van der Waals surface area contributed by atoms with Crippen molar-refractivity contribution in [3.8, 4) is 0 Å². The van der Waals surface area contributed by atoms with Crippen molar-refractivity contribution in [1.29, 1.82) is 0 Å². The monoisotopic (exact) mass is 264 g/mol. The van der Waals surface area contributed by atoms with Gasteiger partial charge in [-0.25, -0.2) is 4.68 Å². The summed E-state index contributed by atoms with van der Waals surface area (Å²) in [4.78, 5) is 0. The number of rotatable bonds is 5. The van der Waals surface area contributed by atoms with Crippen molar-refractivity contribution in [2.75, 3.05) is 5.32 Å². The van der Waals surface area contributed by atoms with Gasteiger partial charge in [-0.15, -0.1) is 5.10 Å². The highest BCUT2D eigenvalue weighted by atomic mass is 15.5. The summed E-state index contributed by atoms with van der Waals surface area (Å²) in [5, 5.41) is 14.4. The number of nitrogens with one attached hydrogen (secondary N) is 1. The fraction of sp³-hybridized carbons (Fsp3) is 0.133. The smallest absolute Gasteiger partial charge is 0.138 e. The summed E-state index contributed by atoms with van der Waals surface area (Å²) in [6.45, 7) is 0.786. The molecule has 3 aromatic rings. The molecule has 1 radical (unpaired) electrons. The minimum atomic E-state index is 0.786. The molecule has 0 saturated carbocycles. The molecule has 5 nitrogen and oxygen atoms in total. The van der Waals surface area contributed by atoms with Crippen LogP contribution in [0.5, 0.6) is 0 Å². The van der Waals surface area contributed by atoms with E-state index in [2.05, 4.69) is 51.2 Å². The van der Waals surface area contributed by atoms with E-state index >= 15 is 0 Å². The largest absolute Gasteiger partial charge is 0.356 e. The average molecular weight is 264 g/mol. The molecule has 0 aliphatic rings. The lowest BCUT2D eigenvalue weighted by molar-refractivity contribution is 0.589. The second-order valence-electron chi connectivity index (χ2n) is 4.43. The number of tetrazole rings is 1. The molecular weight excluding hydrogens is 250 g/mol. The Labute approximate surface area is 117 Å². The summed E-state index contributed by atoms with van der Waals surface area (Å²) < 4.78 is 1.73. The maximum absolute atomic E-state index is 3.84. The standard InChI is InChI=1S/C15H14N5/c1-2-4-14(5-3-1)17-15-8-6-13(7-9-15)10-11-20-12-16-18-19-20/h2-9,12,17H,10-11H2. The fourth-order valence-electron chi connectivity index (χ4n) is 1.92. The number of hydrogen-bond acceptors (Lipinski definition) is 4. The van der Waals surface area contributed by atoms with Gasteiger partial charge in [-0.1, -0.05) is 24.3 Å². The molecule has 0 aliphatic carbocycles. The second kappa shape index (κ2) is 5.97. The van der Waals surface area contributed by atoms with Gasteiger partial charge in [0.25, 0.3) is 0 Å². The Bertz CT molecular complexity index is 632. The third-order valence-corrected chi connectivity index (χ3v) is 2.98. The van der Waals surface area contributed by atoms with E-state index in [0.29, 0.717) is 0 Å². The first-order chi connectivity index (χ1) is 9.90. The van der Waals surface area contributed by atoms with Crippen molar-refractivity contribution < 1.29 is 0 Å². The van der Waals surface area contributed by atoms with Gasteiger partial charge in [0.2, 0.25) is 0 Å². The zero-order valence-electron chi connectivity index (χ0n) is 10.9. The third-order valence-electron chi connectivity index (χ3n) is 2.98. The SMILES string of the molecule is [c]1ccc(Nc2ccc(CCn3cnnn3)cc2)cc1. The normalized spacial score (nSPS) is 10.4. The zero-order chi connectivity index (χ0) is 13.6. The number of aryl methyl sites for hydroxylation is 2. The van der Waals surface area contributed by atoms with Crippen molar-refractivity contribution in [3.63, 3.8) is 0 Å². The van der Waals surface area contributed by atoms with E-state index in [9.17, 15) is 0 Å². The van der Waals surface area contributed by atoms with Crippen molar-refractivity contribution in [3.05, 3.63) is 66.5 Å². The molecule has 2 aromatic carbocycles. The first kappa shape index (κ1) is 12.3. The summed E-state index contributed by atoms with van der Waals surface area (Å²) in [6.07, 6.45) is 2.54. The van der Waals surface area contributed by atoms with Crippen LogP contribution in [0.3, 0.4) is 0 Å². The molecular formula is C15H14N5. The number of aromatic nitrogens is 4. The summed E-state index contributed by atoms with van der Waals surface area (Å²) in [5.74, 6) is 0. The minimum absolute atomic E-state index is 0.786. The van der Waals surface area contributed by atoms with Crippen molar-refractivity contribution >= 4 is 11.4 Å². The van der Waals surface area contributed by atoms with Crippen LogP contribution < -0.4 is 5.32 Å². The Morgan fingerprint density at radius 3 is 2.45 bits per heavy atom. The van der Waals surface area contributed by atoms with E-state index in [4.69, 9.17) is 0 Å². The molecule has 1 N–H and O–H groups in total. The van der Waals surface area contributed by atoms with Crippen LogP contribution in [0.15, 0.2) is 54.9 Å². The summed E-state index contributed by atoms with van der Waals surface area (Å²) in [6, 6.07) is 19.1. The van der Waals surface area contributed by atoms with Gasteiger partial charge < -0.3 is 5.32 Å². The Balaban J connectivity index is 1.60. The van der Waals surface area contributed by atoms with E-state index in [1.54, 1.807) is 11.0 Å². The van der Waals surface area contributed by atoms with E-state index in [1.807, 2.05) is 24.3 Å². The molecule has 0 aliphatic heterocycles. The fourth-order valence-corrected chi connectivity index (χ4v) is 1.92. The Morgan fingerprint density at radius 2 is 1.75 bits per heavy atom. The van der Waals surface area contributed by atoms with Crippen molar-refractivity contribution in [2.45, 2.75) is 13.0 Å². The number of nitrogens with zero attached hydrogens (tertiary/aromatic N) is 4. The van der Waals surface area contributed by atoms with E-state index in [0.717, 1.165) is 24.3 Å². The highest BCUT2D eigenvalue weighted by Crippen LogP contribution is 2.16. The van der Waals surface area contributed by atoms with E-state index in [-0.39, 0.29) is 0 Å². The van der Waals surface area contributed by atoms with Gasteiger partial charge in [-0.05, 0) is 52.7 Å². The van der Waals surface area contributed by atoms with Crippen LogP contribution in [0.4, 0.5) is 11.4 Å². The van der Waals surface area contributed by atoms with Gasteiger partial charge in [0.1, 0.15) is 6.33 Å². The van der Waals surface area contributed by atoms with Crippen molar-refractivity contribution in [1.82, 2.24) is 20.2 Å². The molecule has 1 heterocycles. The maximum atomic E-state index is 3.84. The lowest BCUT2D eigenvalue weighted by Crippen LogP contribution is -2.02. The molecule has 0 amide bonds. The Morgan fingerprint density at radius 1 is 1.00 bits per heavy atom. The number of hydrogen-bond donors (Lipinski definition) is 1. The van der Waals surface area contributed by atoms with Crippen LogP contribution in [0, 0.1) is 6.07 Å². The van der Waals surface area contributed by atoms with Gasteiger partial charge in [-0.3, -0.25) is 0 Å². The van der Waals surface area contributed by atoms with Gasteiger partial charge in [0.05, 0.1) is 0 Å². The van der Waals surface area contributed by atoms with Crippen LogP contribution in [0.2, 0.25) is 0 Å². The predicted molar refractivity (Wildman–Crippen MR) is 76.5 cm³/mol. The predicted octanol–water partition coefficient (Wildman–Crippen LogP) is 2.46. The van der Waals surface area contributed by atoms with Crippen LogP contribution in [0.1, 0.15) is 5.56 Å². The van der Waals surface area contributed by atoms with Crippen LogP contribution >= 0.6 is 0 Å². The lowest BCUT2D eigenvalue weighted by atomic mass is 10.1. The van der Waals surface area contributed by atoms with Crippen LogP contribution in [0.25, 0.3) is 0 Å². The highest BCUT2D eigenvalue weighted by molar-refractivity contribution is 5.59. The maximum Gasteiger partial charge on any atom is 0.138 e. The topological polar surface area (TPSA) is 55.6 Å². The lowest BCUT2D eigenvalue weighted by Gasteiger charge is -2.07. The molecule has 0 fully saturated rings. The molecule has 3 rings (SSSR count). The molecule has 0 saturated heterocycles. The molecule has 1 aromatic heterocycles. The molecule has 99 valence electrons. The summed E-state index contributed by atoms with van der Waals surface area (Å²) in [5.41, 5.74) is 3.39. The zero-order valence-corrected chi connectivity index (χ0v) is 10.9.